The fourth-order valence-electron chi connectivity index (χ4n) is 2.43. The standard InChI is InChI=1S/C15H20IN3O2S/c1-10-14(11(2)19(17-10)15(3,4)5)22(20,21)18-13-8-6-7-12(16)9-13/h6-9,18H,1-5H3. The van der Waals surface area contributed by atoms with Crippen molar-refractivity contribution in [3.63, 3.8) is 0 Å². The highest BCUT2D eigenvalue weighted by Crippen LogP contribution is 2.27. The molecule has 0 aliphatic heterocycles. The van der Waals surface area contributed by atoms with Crippen LogP contribution < -0.4 is 4.72 Å². The summed E-state index contributed by atoms with van der Waals surface area (Å²) in [4.78, 5) is 0.251. The summed E-state index contributed by atoms with van der Waals surface area (Å²) in [5, 5.41) is 4.40. The average molecular weight is 433 g/mol. The number of benzene rings is 1. The monoisotopic (exact) mass is 433 g/mol. The molecule has 0 aliphatic rings. The molecule has 1 aromatic carbocycles. The van der Waals surface area contributed by atoms with Gasteiger partial charge in [0.15, 0.2) is 0 Å². The lowest BCUT2D eigenvalue weighted by Gasteiger charge is -2.21. The van der Waals surface area contributed by atoms with Crippen LogP contribution in [-0.2, 0) is 15.6 Å². The minimum Gasteiger partial charge on any atom is -0.279 e. The molecule has 0 aliphatic carbocycles. The second-order valence-corrected chi connectivity index (χ2v) is 9.06. The molecule has 0 fully saturated rings. The van der Waals surface area contributed by atoms with E-state index >= 15 is 0 Å². The van der Waals surface area contributed by atoms with Crippen LogP contribution in [0.1, 0.15) is 32.2 Å². The smallest absolute Gasteiger partial charge is 0.265 e. The Balaban J connectivity index is 2.49. The van der Waals surface area contributed by atoms with Crippen molar-refractivity contribution in [3.05, 3.63) is 39.2 Å². The minimum atomic E-state index is -3.67. The Bertz CT molecular complexity index is 805. The molecule has 0 saturated heterocycles. The van der Waals surface area contributed by atoms with Gasteiger partial charge in [-0.1, -0.05) is 6.07 Å². The van der Waals surface area contributed by atoms with Crippen molar-refractivity contribution in [2.75, 3.05) is 4.72 Å². The number of hydrogen-bond acceptors (Lipinski definition) is 3. The number of nitrogens with zero attached hydrogens (tertiary/aromatic N) is 2. The Kier molecular flexibility index (Phi) is 4.59. The molecule has 0 amide bonds. The van der Waals surface area contributed by atoms with Crippen LogP contribution in [0.4, 0.5) is 5.69 Å². The van der Waals surface area contributed by atoms with Gasteiger partial charge in [-0.15, -0.1) is 0 Å². The molecule has 22 heavy (non-hydrogen) atoms. The van der Waals surface area contributed by atoms with Gasteiger partial charge in [-0.2, -0.15) is 5.10 Å². The Morgan fingerprint density at radius 3 is 2.36 bits per heavy atom. The molecule has 0 atom stereocenters. The molecule has 1 N–H and O–H groups in total. The van der Waals surface area contributed by atoms with Crippen LogP contribution in [0, 0.1) is 17.4 Å². The summed E-state index contributed by atoms with van der Waals surface area (Å²) in [5.41, 5.74) is 1.42. The molecule has 5 nitrogen and oxygen atoms in total. The first-order valence-corrected chi connectivity index (χ1v) is 9.43. The summed E-state index contributed by atoms with van der Waals surface area (Å²) in [6.45, 7) is 9.49. The van der Waals surface area contributed by atoms with E-state index in [-0.39, 0.29) is 10.4 Å². The number of rotatable bonds is 3. The molecule has 0 unspecified atom stereocenters. The lowest BCUT2D eigenvalue weighted by atomic mass is 10.1. The number of hydrogen-bond donors (Lipinski definition) is 1. The van der Waals surface area contributed by atoms with Crippen molar-refractivity contribution < 1.29 is 8.42 Å². The highest BCUT2D eigenvalue weighted by molar-refractivity contribution is 14.1. The molecular weight excluding hydrogens is 413 g/mol. The minimum absolute atomic E-state index is 0.251. The molecule has 0 radical (unpaired) electrons. The Morgan fingerprint density at radius 1 is 1.23 bits per heavy atom. The molecule has 2 rings (SSSR count). The lowest BCUT2D eigenvalue weighted by Crippen LogP contribution is -2.25. The molecule has 0 spiro atoms. The number of anilines is 1. The summed E-state index contributed by atoms with van der Waals surface area (Å²) in [7, 11) is -3.67. The number of sulfonamides is 1. The number of nitrogens with one attached hydrogen (secondary N) is 1. The highest BCUT2D eigenvalue weighted by Gasteiger charge is 2.28. The van der Waals surface area contributed by atoms with Crippen molar-refractivity contribution in [2.24, 2.45) is 0 Å². The lowest BCUT2D eigenvalue weighted by molar-refractivity contribution is 0.345. The van der Waals surface area contributed by atoms with Gasteiger partial charge in [-0.3, -0.25) is 9.40 Å². The molecule has 7 heteroatoms. The van der Waals surface area contributed by atoms with Gasteiger partial charge in [0.25, 0.3) is 10.0 Å². The van der Waals surface area contributed by atoms with E-state index in [1.165, 1.54) is 0 Å². The summed E-state index contributed by atoms with van der Waals surface area (Å²) in [6.07, 6.45) is 0. The number of aromatic nitrogens is 2. The van der Waals surface area contributed by atoms with E-state index in [2.05, 4.69) is 32.4 Å². The zero-order chi connectivity index (χ0) is 16.7. The van der Waals surface area contributed by atoms with E-state index < -0.39 is 10.0 Å². The van der Waals surface area contributed by atoms with Gasteiger partial charge in [0.2, 0.25) is 0 Å². The number of halogens is 1. The maximum atomic E-state index is 12.7. The first-order valence-electron chi connectivity index (χ1n) is 6.87. The second kappa shape index (κ2) is 5.84. The highest BCUT2D eigenvalue weighted by atomic mass is 127. The van der Waals surface area contributed by atoms with E-state index in [4.69, 9.17) is 0 Å². The van der Waals surface area contributed by atoms with Gasteiger partial charge >= 0.3 is 0 Å². The van der Waals surface area contributed by atoms with E-state index in [0.29, 0.717) is 17.1 Å². The van der Waals surface area contributed by atoms with Crippen molar-refractivity contribution in [2.45, 2.75) is 45.1 Å². The zero-order valence-corrected chi connectivity index (χ0v) is 16.3. The van der Waals surface area contributed by atoms with Gasteiger partial charge in [0.1, 0.15) is 4.90 Å². The first kappa shape index (κ1) is 17.3. The van der Waals surface area contributed by atoms with Crippen LogP contribution in [0.25, 0.3) is 0 Å². The van der Waals surface area contributed by atoms with Crippen molar-refractivity contribution in [1.82, 2.24) is 9.78 Å². The Morgan fingerprint density at radius 2 is 1.86 bits per heavy atom. The molecule has 1 aromatic heterocycles. The summed E-state index contributed by atoms with van der Waals surface area (Å²) >= 11 is 2.15. The third kappa shape index (κ3) is 3.45. The molecule has 1 heterocycles. The van der Waals surface area contributed by atoms with Crippen LogP contribution in [0.3, 0.4) is 0 Å². The van der Waals surface area contributed by atoms with Gasteiger partial charge in [-0.25, -0.2) is 8.42 Å². The third-order valence-corrected chi connectivity index (χ3v) is 5.51. The van der Waals surface area contributed by atoms with Crippen molar-refractivity contribution in [1.29, 1.82) is 0 Å². The van der Waals surface area contributed by atoms with Crippen LogP contribution in [0.15, 0.2) is 29.2 Å². The van der Waals surface area contributed by atoms with Gasteiger partial charge in [0, 0.05) is 9.26 Å². The summed E-state index contributed by atoms with van der Waals surface area (Å²) < 4.78 is 30.8. The van der Waals surface area contributed by atoms with Crippen LogP contribution in [0.5, 0.6) is 0 Å². The predicted octanol–water partition coefficient (Wildman–Crippen LogP) is 3.66. The Labute approximate surface area is 145 Å². The first-order chi connectivity index (χ1) is 10.0. The molecule has 2 aromatic rings. The maximum Gasteiger partial charge on any atom is 0.265 e. The largest absolute Gasteiger partial charge is 0.279 e. The topological polar surface area (TPSA) is 64.0 Å². The fourth-order valence-corrected chi connectivity index (χ4v) is 4.42. The molecule has 0 bridgehead atoms. The van der Waals surface area contributed by atoms with Crippen molar-refractivity contribution in [3.8, 4) is 0 Å². The van der Waals surface area contributed by atoms with Gasteiger partial charge in [0.05, 0.1) is 16.9 Å². The number of aryl methyl sites for hydroxylation is 1. The third-order valence-electron chi connectivity index (χ3n) is 3.21. The maximum absolute atomic E-state index is 12.7. The zero-order valence-electron chi connectivity index (χ0n) is 13.3. The van der Waals surface area contributed by atoms with E-state index in [1.54, 1.807) is 30.7 Å². The van der Waals surface area contributed by atoms with Crippen LogP contribution in [-0.4, -0.2) is 18.2 Å². The van der Waals surface area contributed by atoms with Gasteiger partial charge in [-0.05, 0) is 75.4 Å². The van der Waals surface area contributed by atoms with Gasteiger partial charge < -0.3 is 0 Å². The fraction of sp³-hybridized carbons (Fsp3) is 0.400. The SMILES string of the molecule is Cc1nn(C(C)(C)C)c(C)c1S(=O)(=O)Nc1cccc(I)c1. The van der Waals surface area contributed by atoms with Crippen LogP contribution in [0.2, 0.25) is 0 Å². The quantitative estimate of drug-likeness (QED) is 0.752. The van der Waals surface area contributed by atoms with E-state index in [1.807, 2.05) is 32.9 Å². The van der Waals surface area contributed by atoms with E-state index in [9.17, 15) is 8.42 Å². The van der Waals surface area contributed by atoms with Crippen molar-refractivity contribution >= 4 is 38.3 Å². The average Bonchev–Trinajstić information content (AvgIpc) is 2.64. The summed E-state index contributed by atoms with van der Waals surface area (Å²) in [6, 6.07) is 7.25. The Hall–Kier alpha value is -1.09. The van der Waals surface area contributed by atoms with E-state index in [0.717, 1.165) is 3.57 Å². The van der Waals surface area contributed by atoms with Crippen LogP contribution >= 0.6 is 22.6 Å². The molecule has 0 saturated carbocycles. The molecule has 120 valence electrons. The second-order valence-electron chi connectivity index (χ2n) is 6.20. The molecular formula is C15H20IN3O2S. The predicted molar refractivity (Wildman–Crippen MR) is 96.7 cm³/mol. The normalized spacial score (nSPS) is 12.5. The summed E-state index contributed by atoms with van der Waals surface area (Å²) in [5.74, 6) is 0.